The molecule has 1 saturated heterocycles. The Bertz CT molecular complexity index is 689. The van der Waals surface area contributed by atoms with Crippen LogP contribution in [0.1, 0.15) is 63.5 Å². The molecule has 0 amide bonds. The number of halogens is 1. The van der Waals surface area contributed by atoms with E-state index in [0.717, 1.165) is 37.8 Å². The molecule has 1 aromatic carbocycles. The van der Waals surface area contributed by atoms with Gasteiger partial charge >= 0.3 is 0 Å². The first-order valence-electron chi connectivity index (χ1n) is 11.2. The second-order valence-corrected chi connectivity index (χ2v) is 8.92. The molecule has 1 aliphatic carbocycles. The maximum Gasteiger partial charge on any atom is 0.191 e. The third-order valence-electron chi connectivity index (χ3n) is 6.60. The quantitative estimate of drug-likeness (QED) is 0.358. The number of hydrogen-bond donors (Lipinski definition) is 2. The van der Waals surface area contributed by atoms with Crippen LogP contribution < -0.4 is 15.4 Å². The van der Waals surface area contributed by atoms with Crippen LogP contribution in [0.25, 0.3) is 0 Å². The van der Waals surface area contributed by atoms with Crippen molar-refractivity contribution in [1.82, 2.24) is 15.5 Å². The molecule has 4 rings (SSSR count). The molecule has 1 aromatic rings. The van der Waals surface area contributed by atoms with Gasteiger partial charge in [0.25, 0.3) is 0 Å². The van der Waals surface area contributed by atoms with E-state index in [2.05, 4.69) is 53.8 Å². The van der Waals surface area contributed by atoms with Crippen molar-refractivity contribution in [1.29, 1.82) is 0 Å². The van der Waals surface area contributed by atoms with E-state index in [1.165, 1.54) is 50.6 Å². The zero-order valence-corrected chi connectivity index (χ0v) is 20.3. The lowest BCUT2D eigenvalue weighted by Gasteiger charge is -2.40. The van der Waals surface area contributed by atoms with Gasteiger partial charge in [-0.25, -0.2) is 0 Å². The van der Waals surface area contributed by atoms with E-state index in [4.69, 9.17) is 9.73 Å². The van der Waals surface area contributed by atoms with Crippen molar-refractivity contribution in [2.75, 3.05) is 33.2 Å². The van der Waals surface area contributed by atoms with Gasteiger partial charge in [-0.05, 0) is 71.0 Å². The Morgan fingerprint density at radius 2 is 2.03 bits per heavy atom. The number of aliphatic imine (C=N–C) groups is 1. The smallest absolute Gasteiger partial charge is 0.191 e. The number of ether oxygens (including phenoxy) is 1. The van der Waals surface area contributed by atoms with E-state index in [1.54, 1.807) is 0 Å². The van der Waals surface area contributed by atoms with E-state index in [9.17, 15) is 0 Å². The molecule has 29 heavy (non-hydrogen) atoms. The standard InChI is InChI=1S/C23H36N4O.HI/c1-3-24-22(25-16-18-9-8-14-27(2)17-18)26-20-15-23(12-6-7-13-23)28-21-11-5-4-10-19(20)21;/h4-5,10-11,18,20H,3,6-9,12-17H2,1-2H3,(H2,24,25,26);1H. The van der Waals surface area contributed by atoms with Crippen LogP contribution in [0.3, 0.4) is 0 Å². The van der Waals surface area contributed by atoms with Gasteiger partial charge in [0.05, 0.1) is 6.04 Å². The van der Waals surface area contributed by atoms with E-state index >= 15 is 0 Å². The molecular formula is C23H37IN4O. The van der Waals surface area contributed by atoms with Gasteiger partial charge in [-0.15, -0.1) is 24.0 Å². The molecule has 2 atom stereocenters. The summed E-state index contributed by atoms with van der Waals surface area (Å²) in [5, 5.41) is 7.24. The predicted molar refractivity (Wildman–Crippen MR) is 130 cm³/mol. The lowest BCUT2D eigenvalue weighted by Crippen LogP contribution is -2.47. The average molecular weight is 512 g/mol. The molecule has 6 heteroatoms. The summed E-state index contributed by atoms with van der Waals surface area (Å²) in [7, 11) is 2.22. The summed E-state index contributed by atoms with van der Waals surface area (Å²) in [6.07, 6.45) is 8.49. The van der Waals surface area contributed by atoms with Gasteiger partial charge in [-0.1, -0.05) is 18.2 Å². The van der Waals surface area contributed by atoms with Crippen molar-refractivity contribution in [3.8, 4) is 5.75 Å². The van der Waals surface area contributed by atoms with Crippen molar-refractivity contribution in [2.45, 2.75) is 63.5 Å². The zero-order valence-electron chi connectivity index (χ0n) is 18.0. The third kappa shape index (κ3) is 5.57. The number of rotatable bonds is 4. The molecule has 3 aliphatic rings. The summed E-state index contributed by atoms with van der Waals surface area (Å²) in [5.74, 6) is 2.67. The fraction of sp³-hybridized carbons (Fsp3) is 0.696. The number of piperidine rings is 1. The average Bonchev–Trinajstić information content (AvgIpc) is 3.13. The number of fused-ring (bicyclic) bond motifs is 1. The molecule has 0 aromatic heterocycles. The summed E-state index contributed by atoms with van der Waals surface area (Å²) >= 11 is 0. The summed E-state index contributed by atoms with van der Waals surface area (Å²) in [4.78, 5) is 7.41. The van der Waals surface area contributed by atoms with Gasteiger partial charge in [0.15, 0.2) is 5.96 Å². The van der Waals surface area contributed by atoms with Crippen LogP contribution in [0.2, 0.25) is 0 Å². The van der Waals surface area contributed by atoms with Crippen LogP contribution >= 0.6 is 24.0 Å². The molecule has 2 heterocycles. The first kappa shape index (κ1) is 22.7. The van der Waals surface area contributed by atoms with Crippen molar-refractivity contribution >= 4 is 29.9 Å². The molecular weight excluding hydrogens is 475 g/mol. The minimum atomic E-state index is 0. The van der Waals surface area contributed by atoms with Gasteiger partial charge < -0.3 is 20.3 Å². The SMILES string of the molecule is CCNC(=NCC1CCCN(C)C1)NC1CC2(CCCC2)Oc2ccccc21.I. The van der Waals surface area contributed by atoms with E-state index in [-0.39, 0.29) is 35.6 Å². The summed E-state index contributed by atoms with van der Waals surface area (Å²) < 4.78 is 6.51. The first-order valence-corrected chi connectivity index (χ1v) is 11.2. The van der Waals surface area contributed by atoms with Gasteiger partial charge in [-0.3, -0.25) is 4.99 Å². The number of benzene rings is 1. The molecule has 5 nitrogen and oxygen atoms in total. The third-order valence-corrected chi connectivity index (χ3v) is 6.60. The Morgan fingerprint density at radius 1 is 1.24 bits per heavy atom. The minimum absolute atomic E-state index is 0. The number of nitrogens with one attached hydrogen (secondary N) is 2. The Kier molecular flexibility index (Phi) is 8.07. The summed E-state index contributed by atoms with van der Waals surface area (Å²) in [5.41, 5.74) is 1.28. The normalized spacial score (nSPS) is 26.3. The lowest BCUT2D eigenvalue weighted by atomic mass is 9.86. The molecule has 2 fully saturated rings. The molecule has 1 saturated carbocycles. The van der Waals surface area contributed by atoms with E-state index < -0.39 is 0 Å². The Morgan fingerprint density at radius 3 is 2.79 bits per heavy atom. The van der Waals surface area contributed by atoms with Gasteiger partial charge in [-0.2, -0.15) is 0 Å². The van der Waals surface area contributed by atoms with Gasteiger partial charge in [0.2, 0.25) is 0 Å². The number of para-hydroxylation sites is 1. The highest BCUT2D eigenvalue weighted by Crippen LogP contribution is 2.46. The molecule has 1 spiro atoms. The second-order valence-electron chi connectivity index (χ2n) is 8.92. The Balaban J connectivity index is 0.00000240. The lowest BCUT2D eigenvalue weighted by molar-refractivity contribution is 0.0396. The largest absolute Gasteiger partial charge is 0.487 e. The van der Waals surface area contributed by atoms with Gasteiger partial charge in [0.1, 0.15) is 11.4 Å². The maximum atomic E-state index is 6.51. The number of nitrogens with zero attached hydrogens (tertiary/aromatic N) is 2. The van der Waals surface area contributed by atoms with E-state index in [0.29, 0.717) is 5.92 Å². The Hall–Kier alpha value is -1.02. The maximum absolute atomic E-state index is 6.51. The van der Waals surface area contributed by atoms with Crippen LogP contribution in [0.15, 0.2) is 29.3 Å². The number of hydrogen-bond acceptors (Lipinski definition) is 3. The Labute approximate surface area is 193 Å². The van der Waals surface area contributed by atoms with Crippen molar-refractivity contribution < 1.29 is 4.74 Å². The van der Waals surface area contributed by atoms with Gasteiger partial charge in [0, 0.05) is 31.6 Å². The second kappa shape index (κ2) is 10.3. The van der Waals surface area contributed by atoms with Crippen LogP contribution in [0.4, 0.5) is 0 Å². The summed E-state index contributed by atoms with van der Waals surface area (Å²) in [6.45, 7) is 6.30. The van der Waals surface area contributed by atoms with Crippen molar-refractivity contribution in [3.63, 3.8) is 0 Å². The van der Waals surface area contributed by atoms with Crippen LogP contribution in [0.5, 0.6) is 5.75 Å². The van der Waals surface area contributed by atoms with Crippen molar-refractivity contribution in [3.05, 3.63) is 29.8 Å². The first-order chi connectivity index (χ1) is 13.7. The van der Waals surface area contributed by atoms with Crippen molar-refractivity contribution in [2.24, 2.45) is 10.9 Å². The topological polar surface area (TPSA) is 48.9 Å². The zero-order chi connectivity index (χ0) is 19.4. The molecule has 2 N–H and O–H groups in total. The predicted octanol–water partition coefficient (Wildman–Crippen LogP) is 4.34. The number of guanidine groups is 1. The highest BCUT2D eigenvalue weighted by molar-refractivity contribution is 14.0. The van der Waals surface area contributed by atoms with Crippen LogP contribution in [0, 0.1) is 5.92 Å². The molecule has 162 valence electrons. The highest BCUT2D eigenvalue weighted by Gasteiger charge is 2.43. The molecule has 0 radical (unpaired) electrons. The summed E-state index contributed by atoms with van der Waals surface area (Å²) in [6, 6.07) is 8.79. The highest BCUT2D eigenvalue weighted by atomic mass is 127. The van der Waals surface area contributed by atoms with E-state index in [1.807, 2.05) is 0 Å². The van der Waals surface area contributed by atoms with Crippen LogP contribution in [-0.2, 0) is 0 Å². The molecule has 2 unspecified atom stereocenters. The number of likely N-dealkylation sites (tertiary alicyclic amines) is 1. The minimum Gasteiger partial charge on any atom is -0.487 e. The van der Waals surface area contributed by atoms with Crippen LogP contribution in [-0.4, -0.2) is 49.7 Å². The fourth-order valence-corrected chi connectivity index (χ4v) is 5.20. The fourth-order valence-electron chi connectivity index (χ4n) is 5.20. The monoisotopic (exact) mass is 512 g/mol. The molecule has 2 aliphatic heterocycles. The molecule has 0 bridgehead atoms.